The third kappa shape index (κ3) is 3.42. The normalized spacial score (nSPS) is 16.6. The molecule has 2 heterocycles. The minimum Gasteiger partial charge on any atom is -0.465 e. The molecule has 2 aromatic rings. The molecule has 1 atom stereocenters. The van der Waals surface area contributed by atoms with Gasteiger partial charge in [-0.25, -0.2) is 9.59 Å². The number of urea groups is 1. The Hall–Kier alpha value is -2.83. The van der Waals surface area contributed by atoms with Crippen molar-refractivity contribution < 1.29 is 18.8 Å². The lowest BCUT2D eigenvalue weighted by Gasteiger charge is -2.25. The molecule has 2 amide bonds. The van der Waals surface area contributed by atoms with Gasteiger partial charge in [-0.3, -0.25) is 0 Å². The number of hydrogen-bond donors (Lipinski definition) is 1. The summed E-state index contributed by atoms with van der Waals surface area (Å²) in [4.78, 5) is 26.1. The Bertz CT molecular complexity index is 798. The first-order valence-electron chi connectivity index (χ1n) is 8.76. The summed E-state index contributed by atoms with van der Waals surface area (Å²) in [6.45, 7) is 4.62. The van der Waals surface area contributed by atoms with Crippen molar-refractivity contribution in [2.24, 2.45) is 0 Å². The fourth-order valence-electron chi connectivity index (χ4n) is 3.42. The van der Waals surface area contributed by atoms with Crippen molar-refractivity contribution in [1.82, 2.24) is 10.1 Å². The number of carbonyl (C=O) groups excluding carboxylic acids is 2. The molecule has 1 aliphatic rings. The number of likely N-dealkylation sites (tertiary alicyclic amines) is 1. The van der Waals surface area contributed by atoms with E-state index in [4.69, 9.17) is 4.52 Å². The van der Waals surface area contributed by atoms with E-state index in [1.54, 1.807) is 24.3 Å². The lowest BCUT2D eigenvalue weighted by molar-refractivity contribution is 0.0600. The molecule has 1 fully saturated rings. The molecule has 0 aliphatic carbocycles. The number of benzene rings is 1. The maximum atomic E-state index is 12.8. The molecular formula is C19H23N3O4. The van der Waals surface area contributed by atoms with Gasteiger partial charge in [0.2, 0.25) is 0 Å². The van der Waals surface area contributed by atoms with Gasteiger partial charge in [0, 0.05) is 24.2 Å². The van der Waals surface area contributed by atoms with Gasteiger partial charge < -0.3 is 19.5 Å². The van der Waals surface area contributed by atoms with Gasteiger partial charge in [0.05, 0.1) is 24.4 Å². The number of anilines is 1. The molecule has 3 rings (SSSR count). The average Bonchev–Trinajstić information content (AvgIpc) is 3.27. The van der Waals surface area contributed by atoms with Gasteiger partial charge in [-0.15, -0.1) is 0 Å². The summed E-state index contributed by atoms with van der Waals surface area (Å²) in [7, 11) is 1.34. The molecule has 1 aromatic heterocycles. The molecule has 0 spiro atoms. The Morgan fingerprint density at radius 3 is 2.73 bits per heavy atom. The third-order valence-corrected chi connectivity index (χ3v) is 4.71. The van der Waals surface area contributed by atoms with Crippen molar-refractivity contribution in [3.63, 3.8) is 0 Å². The molecule has 0 saturated carbocycles. The number of rotatable bonds is 4. The second-order valence-electron chi connectivity index (χ2n) is 6.31. The van der Waals surface area contributed by atoms with E-state index in [0.717, 1.165) is 36.3 Å². The van der Waals surface area contributed by atoms with E-state index in [1.165, 1.54) is 7.11 Å². The lowest BCUT2D eigenvalue weighted by Crippen LogP contribution is -2.34. The third-order valence-electron chi connectivity index (χ3n) is 4.71. The molecule has 1 saturated heterocycles. The number of amides is 2. The minimum absolute atomic E-state index is 0.0226. The van der Waals surface area contributed by atoms with E-state index in [2.05, 4.69) is 15.2 Å². The van der Waals surface area contributed by atoms with Crippen molar-refractivity contribution in [2.45, 2.75) is 39.2 Å². The molecule has 1 aliphatic heterocycles. The first-order chi connectivity index (χ1) is 12.5. The second-order valence-corrected chi connectivity index (χ2v) is 6.31. The van der Waals surface area contributed by atoms with Crippen LogP contribution in [0.4, 0.5) is 10.5 Å². The van der Waals surface area contributed by atoms with Crippen LogP contribution in [0.1, 0.15) is 53.2 Å². The summed E-state index contributed by atoms with van der Waals surface area (Å²) in [5.41, 5.74) is 2.94. The number of hydrogen-bond acceptors (Lipinski definition) is 5. The summed E-state index contributed by atoms with van der Waals surface area (Å²) in [5, 5.41) is 6.97. The highest BCUT2D eigenvalue weighted by atomic mass is 16.5. The van der Waals surface area contributed by atoms with Crippen molar-refractivity contribution in [3.8, 4) is 0 Å². The summed E-state index contributed by atoms with van der Waals surface area (Å²) in [5.74, 6) is 0.437. The predicted molar refractivity (Wildman–Crippen MR) is 96.1 cm³/mol. The van der Waals surface area contributed by atoms with Gasteiger partial charge in [0.1, 0.15) is 5.76 Å². The van der Waals surface area contributed by atoms with Gasteiger partial charge >= 0.3 is 12.0 Å². The Morgan fingerprint density at radius 2 is 2.08 bits per heavy atom. The van der Waals surface area contributed by atoms with E-state index in [0.29, 0.717) is 17.8 Å². The Labute approximate surface area is 152 Å². The first kappa shape index (κ1) is 18.0. The Morgan fingerprint density at radius 1 is 1.35 bits per heavy atom. The van der Waals surface area contributed by atoms with Crippen molar-refractivity contribution in [2.75, 3.05) is 19.0 Å². The van der Waals surface area contributed by atoms with Crippen LogP contribution in [0.25, 0.3) is 0 Å². The van der Waals surface area contributed by atoms with Crippen molar-refractivity contribution in [1.29, 1.82) is 0 Å². The van der Waals surface area contributed by atoms with Crippen LogP contribution < -0.4 is 5.32 Å². The van der Waals surface area contributed by atoms with E-state index in [1.807, 2.05) is 18.7 Å². The molecule has 26 heavy (non-hydrogen) atoms. The minimum atomic E-state index is -0.405. The summed E-state index contributed by atoms with van der Waals surface area (Å²) in [6, 6.07) is 6.45. The fraction of sp³-hybridized carbons (Fsp3) is 0.421. The van der Waals surface area contributed by atoms with Crippen molar-refractivity contribution in [3.05, 3.63) is 46.8 Å². The van der Waals surface area contributed by atoms with Crippen LogP contribution in [-0.4, -0.2) is 35.7 Å². The summed E-state index contributed by atoms with van der Waals surface area (Å²) < 4.78 is 10.1. The maximum Gasteiger partial charge on any atom is 0.337 e. The molecule has 1 aromatic carbocycles. The fourth-order valence-corrected chi connectivity index (χ4v) is 3.42. The highest BCUT2D eigenvalue weighted by molar-refractivity contribution is 5.92. The standard InChI is InChI=1S/C19H23N3O4/c1-4-16-17(12(2)21-26-16)15-6-5-11-22(15)19(24)20-14-9-7-13(8-10-14)18(23)25-3/h7-10,15H,4-6,11H2,1-3H3,(H,20,24)/t15-/m1/s1. The quantitative estimate of drug-likeness (QED) is 0.844. The number of methoxy groups -OCH3 is 1. The van der Waals surface area contributed by atoms with E-state index >= 15 is 0 Å². The molecule has 0 unspecified atom stereocenters. The topological polar surface area (TPSA) is 84.7 Å². The van der Waals surface area contributed by atoms with Gasteiger partial charge in [0.15, 0.2) is 0 Å². The number of carbonyl (C=O) groups is 2. The van der Waals surface area contributed by atoms with Crippen LogP contribution in [0.15, 0.2) is 28.8 Å². The van der Waals surface area contributed by atoms with Crippen LogP contribution in [0, 0.1) is 6.92 Å². The number of aryl methyl sites for hydroxylation is 2. The Balaban J connectivity index is 1.74. The highest BCUT2D eigenvalue weighted by Gasteiger charge is 2.34. The zero-order chi connectivity index (χ0) is 18.7. The van der Waals surface area contributed by atoms with Gasteiger partial charge in [0.25, 0.3) is 0 Å². The van der Waals surface area contributed by atoms with Crippen LogP contribution >= 0.6 is 0 Å². The highest BCUT2D eigenvalue weighted by Crippen LogP contribution is 2.36. The van der Waals surface area contributed by atoms with Gasteiger partial charge in [-0.05, 0) is 44.0 Å². The number of nitrogens with zero attached hydrogens (tertiary/aromatic N) is 2. The largest absolute Gasteiger partial charge is 0.465 e. The number of esters is 1. The van der Waals surface area contributed by atoms with E-state index < -0.39 is 5.97 Å². The van der Waals surface area contributed by atoms with Crippen LogP contribution in [0.3, 0.4) is 0 Å². The predicted octanol–water partition coefficient (Wildman–Crippen LogP) is 3.70. The van der Waals surface area contributed by atoms with Crippen molar-refractivity contribution >= 4 is 17.7 Å². The summed E-state index contributed by atoms with van der Waals surface area (Å²) in [6.07, 6.45) is 2.58. The average molecular weight is 357 g/mol. The molecular weight excluding hydrogens is 334 g/mol. The lowest BCUT2D eigenvalue weighted by atomic mass is 10.0. The smallest absolute Gasteiger partial charge is 0.337 e. The molecule has 7 nitrogen and oxygen atoms in total. The van der Waals surface area contributed by atoms with Gasteiger partial charge in [-0.1, -0.05) is 12.1 Å². The maximum absolute atomic E-state index is 12.8. The number of nitrogens with one attached hydrogen (secondary N) is 1. The molecule has 1 N–H and O–H groups in total. The van der Waals surface area contributed by atoms with Crippen LogP contribution in [-0.2, 0) is 11.2 Å². The molecule has 7 heteroatoms. The van der Waals surface area contributed by atoms with Crippen LogP contribution in [0.2, 0.25) is 0 Å². The van der Waals surface area contributed by atoms with E-state index in [9.17, 15) is 9.59 Å². The zero-order valence-electron chi connectivity index (χ0n) is 15.2. The number of aromatic nitrogens is 1. The Kier molecular flexibility index (Phi) is 5.25. The van der Waals surface area contributed by atoms with Crippen LogP contribution in [0.5, 0.6) is 0 Å². The van der Waals surface area contributed by atoms with E-state index in [-0.39, 0.29) is 12.1 Å². The molecule has 138 valence electrons. The first-order valence-corrected chi connectivity index (χ1v) is 8.76. The second kappa shape index (κ2) is 7.59. The number of ether oxygens (including phenoxy) is 1. The molecule has 0 radical (unpaired) electrons. The molecule has 0 bridgehead atoms. The zero-order valence-corrected chi connectivity index (χ0v) is 15.2. The van der Waals surface area contributed by atoms with Gasteiger partial charge in [-0.2, -0.15) is 0 Å². The summed E-state index contributed by atoms with van der Waals surface area (Å²) >= 11 is 0. The monoisotopic (exact) mass is 357 g/mol. The SMILES string of the molecule is CCc1onc(C)c1[C@H]1CCCN1C(=O)Nc1ccc(C(=O)OC)cc1.